The van der Waals surface area contributed by atoms with Crippen molar-refractivity contribution in [1.29, 1.82) is 0 Å². The van der Waals surface area contributed by atoms with Gasteiger partial charge in [0.25, 0.3) is 0 Å². The fourth-order valence-electron chi connectivity index (χ4n) is 3.21. The third kappa shape index (κ3) is 6.85. The molecule has 166 valence electrons. The highest BCUT2D eigenvalue weighted by Gasteiger charge is 2.29. The number of phenolic OH excluding ortho intramolecular Hbond substituents is 1. The van der Waals surface area contributed by atoms with Gasteiger partial charge in [-0.1, -0.05) is 96.0 Å². The van der Waals surface area contributed by atoms with Crippen molar-refractivity contribution in [1.82, 2.24) is 0 Å². The number of hydrogen-bond donors (Lipinski definition) is 1. The molecule has 0 spiro atoms. The number of hydrogen-bond acceptors (Lipinski definition) is 2. The topological polar surface area (TPSA) is 37.3 Å². The first-order chi connectivity index (χ1) is 14.3. The van der Waals surface area contributed by atoms with Gasteiger partial charge < -0.3 is 5.11 Å². The van der Waals surface area contributed by atoms with Crippen molar-refractivity contribution in [2.24, 2.45) is 5.92 Å². The van der Waals surface area contributed by atoms with E-state index in [9.17, 15) is 22.4 Å². The second kappa shape index (κ2) is 13.0. The Morgan fingerprint density at radius 2 is 1.23 bits per heavy atom. The maximum Gasteiger partial charge on any atom is 0.204 e. The molecule has 0 unspecified atom stereocenters. The molecule has 0 amide bonds. The lowest BCUT2D eigenvalue weighted by molar-refractivity contribution is 0.102. The van der Waals surface area contributed by atoms with Crippen LogP contribution in [0.2, 0.25) is 0 Å². The van der Waals surface area contributed by atoms with Gasteiger partial charge in [0.05, 0.1) is 0 Å². The highest BCUT2D eigenvalue weighted by molar-refractivity contribution is 6.09. The van der Waals surface area contributed by atoms with Crippen molar-refractivity contribution in [3.8, 4) is 5.75 Å². The smallest absolute Gasteiger partial charge is 0.204 e. The zero-order chi connectivity index (χ0) is 22.7. The minimum absolute atomic E-state index is 0.134. The summed E-state index contributed by atoms with van der Waals surface area (Å²) in [6, 6.07) is 6.89. The van der Waals surface area contributed by atoms with Gasteiger partial charge in [-0.15, -0.1) is 0 Å². The summed E-state index contributed by atoms with van der Waals surface area (Å²) in [7, 11) is 0. The number of carbonyl (C=O) groups excluding carboxylic acids is 1. The third-order valence-corrected chi connectivity index (χ3v) is 4.90. The first-order valence-electron chi connectivity index (χ1n) is 10.5. The molecule has 1 N–H and O–H groups in total. The molecule has 0 aliphatic heterocycles. The lowest BCUT2D eigenvalue weighted by Crippen LogP contribution is -2.11. The fraction of sp³-hybridized carbons (Fsp3) is 0.458. The van der Waals surface area contributed by atoms with E-state index in [1.54, 1.807) is 6.07 Å². The van der Waals surface area contributed by atoms with Crippen LogP contribution in [0.3, 0.4) is 0 Å². The van der Waals surface area contributed by atoms with Gasteiger partial charge in [-0.3, -0.25) is 4.79 Å². The first kappa shape index (κ1) is 25.7. The van der Waals surface area contributed by atoms with Gasteiger partial charge in [0.15, 0.2) is 23.2 Å². The Labute approximate surface area is 175 Å². The number of carbonyl (C=O) groups is 1. The highest BCUT2D eigenvalue weighted by atomic mass is 19.2. The van der Waals surface area contributed by atoms with E-state index < -0.39 is 40.4 Å². The van der Waals surface area contributed by atoms with Crippen LogP contribution in [0.25, 0.3) is 0 Å². The number of benzene rings is 2. The first-order valence-corrected chi connectivity index (χ1v) is 10.5. The molecule has 0 saturated heterocycles. The lowest BCUT2D eigenvalue weighted by Gasteiger charge is -2.13. The van der Waals surface area contributed by atoms with Crippen molar-refractivity contribution in [3.63, 3.8) is 0 Å². The summed E-state index contributed by atoms with van der Waals surface area (Å²) in [5.41, 5.74) is -1.51. The highest BCUT2D eigenvalue weighted by Crippen LogP contribution is 2.30. The van der Waals surface area contributed by atoms with Crippen LogP contribution in [0.5, 0.6) is 5.75 Å². The summed E-state index contributed by atoms with van der Waals surface area (Å²) in [6.45, 7) is 6.39. The van der Waals surface area contributed by atoms with Crippen molar-refractivity contribution in [2.75, 3.05) is 0 Å². The van der Waals surface area contributed by atoms with Crippen LogP contribution in [0, 0.1) is 29.2 Å². The van der Waals surface area contributed by atoms with Crippen molar-refractivity contribution in [2.45, 2.75) is 65.7 Å². The number of phenols is 1. The molecule has 0 atom stereocenters. The van der Waals surface area contributed by atoms with Gasteiger partial charge in [0.2, 0.25) is 11.6 Å². The Morgan fingerprint density at radius 3 is 1.70 bits per heavy atom. The molecule has 0 aromatic heterocycles. The summed E-state index contributed by atoms with van der Waals surface area (Å²) >= 11 is 0. The van der Waals surface area contributed by atoms with Crippen LogP contribution in [-0.2, 0) is 0 Å². The molecule has 0 radical (unpaired) electrons. The van der Waals surface area contributed by atoms with Gasteiger partial charge in [-0.25, -0.2) is 8.78 Å². The van der Waals surface area contributed by atoms with Crippen LogP contribution < -0.4 is 0 Å². The van der Waals surface area contributed by atoms with E-state index in [0.29, 0.717) is 0 Å². The molecule has 1 saturated carbocycles. The minimum atomic E-state index is -2.00. The maximum atomic E-state index is 13.5. The average Bonchev–Trinajstić information content (AvgIpc) is 2.76. The normalized spacial score (nSPS) is 14.4. The molecule has 1 fully saturated rings. The van der Waals surface area contributed by atoms with Crippen LogP contribution in [-0.4, -0.2) is 10.9 Å². The van der Waals surface area contributed by atoms with Crippen molar-refractivity contribution >= 4 is 5.78 Å². The van der Waals surface area contributed by atoms with Crippen molar-refractivity contribution in [3.05, 3.63) is 64.7 Å². The van der Waals surface area contributed by atoms with E-state index in [-0.39, 0.29) is 5.56 Å². The summed E-state index contributed by atoms with van der Waals surface area (Å²) in [6.07, 6.45) is 10.4. The van der Waals surface area contributed by atoms with Crippen LogP contribution in [0.4, 0.5) is 17.6 Å². The number of rotatable bonds is 2. The largest absolute Gasteiger partial charge is 0.503 e. The lowest BCUT2D eigenvalue weighted by atomic mass is 9.93. The summed E-state index contributed by atoms with van der Waals surface area (Å²) in [4.78, 5) is 11.8. The Kier molecular flexibility index (Phi) is 11.2. The van der Waals surface area contributed by atoms with Crippen LogP contribution in [0.1, 0.15) is 81.6 Å². The molecular weight excluding hydrogens is 396 g/mol. The maximum absolute atomic E-state index is 13.5. The standard InChI is InChI=1S/C13H6F4O2.C9H18.C2H6/c14-8-7(9(15)11(17)13(19)10(8)16)12(18)6-4-2-1-3-5-6;1-9-7-5-3-2-4-6-8-9;1-2/h1-5,19H;9H,2-8H2,1H3;1-2H3. The number of ketones is 1. The molecule has 2 aromatic rings. The Balaban J connectivity index is 0.000000342. The van der Waals surface area contributed by atoms with E-state index >= 15 is 0 Å². The van der Waals surface area contributed by atoms with Crippen LogP contribution >= 0.6 is 0 Å². The number of aromatic hydroxyl groups is 1. The molecule has 3 rings (SSSR count). The predicted octanol–water partition coefficient (Wildman–Crippen LogP) is 7.57. The Morgan fingerprint density at radius 1 is 0.800 bits per heavy atom. The van der Waals surface area contributed by atoms with Gasteiger partial charge in [-0.05, 0) is 5.92 Å². The predicted molar refractivity (Wildman–Crippen MR) is 111 cm³/mol. The molecule has 0 bridgehead atoms. The molecule has 0 heterocycles. The SMILES string of the molecule is CC.CC1CCCCCCC1.O=C(c1ccccc1)c1c(F)c(F)c(O)c(F)c1F. The van der Waals surface area contributed by atoms with Gasteiger partial charge >= 0.3 is 0 Å². The molecular formula is C24H30F4O2. The molecule has 6 heteroatoms. The second-order valence-corrected chi connectivity index (χ2v) is 7.12. The average molecular weight is 426 g/mol. The van der Waals surface area contributed by atoms with Gasteiger partial charge in [-0.2, -0.15) is 8.78 Å². The number of halogens is 4. The Hall–Kier alpha value is -2.37. The molecule has 1 aliphatic rings. The third-order valence-electron chi connectivity index (χ3n) is 4.90. The monoisotopic (exact) mass is 426 g/mol. The minimum Gasteiger partial charge on any atom is -0.503 e. The molecule has 2 nitrogen and oxygen atoms in total. The zero-order valence-corrected chi connectivity index (χ0v) is 17.8. The van der Waals surface area contributed by atoms with E-state index in [1.807, 2.05) is 13.8 Å². The summed E-state index contributed by atoms with van der Waals surface area (Å²) in [5, 5.41) is 8.80. The summed E-state index contributed by atoms with van der Waals surface area (Å²) in [5.74, 6) is -9.84. The van der Waals surface area contributed by atoms with E-state index in [0.717, 1.165) is 5.92 Å². The van der Waals surface area contributed by atoms with E-state index in [1.165, 1.54) is 69.2 Å². The van der Waals surface area contributed by atoms with E-state index in [2.05, 4.69) is 6.92 Å². The van der Waals surface area contributed by atoms with Crippen molar-refractivity contribution < 1.29 is 27.5 Å². The molecule has 2 aromatic carbocycles. The fourth-order valence-corrected chi connectivity index (χ4v) is 3.21. The van der Waals surface area contributed by atoms with Gasteiger partial charge in [0, 0.05) is 5.56 Å². The second-order valence-electron chi connectivity index (χ2n) is 7.12. The van der Waals surface area contributed by atoms with E-state index in [4.69, 9.17) is 5.11 Å². The summed E-state index contributed by atoms with van der Waals surface area (Å²) < 4.78 is 53.2. The van der Waals surface area contributed by atoms with Crippen LogP contribution in [0.15, 0.2) is 30.3 Å². The zero-order valence-electron chi connectivity index (χ0n) is 17.8. The molecule has 30 heavy (non-hydrogen) atoms. The quantitative estimate of drug-likeness (QED) is 0.305. The molecule has 1 aliphatic carbocycles. The van der Waals surface area contributed by atoms with Gasteiger partial charge in [0.1, 0.15) is 5.56 Å². The Bertz CT molecular complexity index is 770.